The van der Waals surface area contributed by atoms with E-state index in [4.69, 9.17) is 16.3 Å². The first kappa shape index (κ1) is 22.9. The maximum absolute atomic E-state index is 13.5. The highest BCUT2D eigenvalue weighted by Crippen LogP contribution is 2.31. The SMILES string of the molecule is CC1=C(C(=O)OC(C)C)[C@H](c2ccc(Cl)cc2)n2c(s/c(=C/c3cccc(I)c3)c2=O)=N1. The number of carbonyl (C=O) groups excluding carboxylic acids is 1. The Balaban J connectivity index is 1.95. The number of nitrogens with zero attached hydrogens (tertiary/aromatic N) is 2. The number of benzene rings is 2. The van der Waals surface area contributed by atoms with Crippen molar-refractivity contribution in [3.8, 4) is 0 Å². The Hall–Kier alpha value is -2.23. The number of ether oxygens (including phenoxy) is 1. The minimum Gasteiger partial charge on any atom is -0.459 e. The Bertz CT molecular complexity index is 1400. The summed E-state index contributed by atoms with van der Waals surface area (Å²) in [6.45, 7) is 5.36. The standard InChI is InChI=1S/C24H20ClIN2O3S/c1-13(2)31-23(30)20-14(3)27-24-28(21(20)16-7-9-17(25)10-8-16)22(29)19(32-24)12-15-5-4-6-18(26)11-15/h4-13,21H,1-3H3/b19-12+/t21-/m0/s1. The average Bonchev–Trinajstić information content (AvgIpc) is 3.02. The maximum atomic E-state index is 13.5. The molecule has 3 aromatic rings. The van der Waals surface area contributed by atoms with E-state index < -0.39 is 12.0 Å². The fourth-order valence-corrected chi connectivity index (χ4v) is 5.31. The molecule has 1 aliphatic rings. The van der Waals surface area contributed by atoms with Crippen molar-refractivity contribution in [2.45, 2.75) is 32.9 Å². The molecule has 0 fully saturated rings. The van der Waals surface area contributed by atoms with E-state index in [9.17, 15) is 9.59 Å². The molecule has 0 N–H and O–H groups in total. The Morgan fingerprint density at radius 3 is 2.62 bits per heavy atom. The van der Waals surface area contributed by atoms with Crippen molar-refractivity contribution in [3.05, 3.63) is 99.2 Å². The van der Waals surface area contributed by atoms with Crippen LogP contribution in [0.1, 0.15) is 37.9 Å². The second kappa shape index (κ2) is 9.33. The summed E-state index contributed by atoms with van der Waals surface area (Å²) in [5, 5.41) is 0.576. The quantitative estimate of drug-likeness (QED) is 0.340. The normalized spacial score (nSPS) is 16.2. The van der Waals surface area contributed by atoms with E-state index in [0.717, 1.165) is 14.7 Å². The van der Waals surface area contributed by atoms with Crippen molar-refractivity contribution in [2.24, 2.45) is 4.99 Å². The van der Waals surface area contributed by atoms with Crippen LogP contribution in [-0.4, -0.2) is 16.6 Å². The molecule has 1 atom stereocenters. The van der Waals surface area contributed by atoms with Gasteiger partial charge in [0.15, 0.2) is 4.80 Å². The van der Waals surface area contributed by atoms with E-state index >= 15 is 0 Å². The summed E-state index contributed by atoms with van der Waals surface area (Å²) >= 11 is 9.64. The lowest BCUT2D eigenvalue weighted by atomic mass is 9.96. The molecule has 0 saturated heterocycles. The average molecular weight is 579 g/mol. The van der Waals surface area contributed by atoms with Crippen LogP contribution in [0.3, 0.4) is 0 Å². The van der Waals surface area contributed by atoms with Gasteiger partial charge in [0.25, 0.3) is 5.56 Å². The first-order valence-corrected chi connectivity index (χ1v) is 12.3. The number of hydrogen-bond acceptors (Lipinski definition) is 5. The van der Waals surface area contributed by atoms with E-state index in [-0.39, 0.29) is 11.7 Å². The number of hydrogen-bond donors (Lipinski definition) is 0. The van der Waals surface area contributed by atoms with E-state index in [1.165, 1.54) is 11.3 Å². The molecule has 0 bridgehead atoms. The van der Waals surface area contributed by atoms with Crippen LogP contribution >= 0.6 is 45.5 Å². The van der Waals surface area contributed by atoms with E-state index in [1.807, 2.05) is 42.5 Å². The van der Waals surface area contributed by atoms with Crippen molar-refractivity contribution in [3.63, 3.8) is 0 Å². The van der Waals surface area contributed by atoms with Gasteiger partial charge in [-0.15, -0.1) is 0 Å². The molecule has 4 rings (SSSR count). The summed E-state index contributed by atoms with van der Waals surface area (Å²) in [5.74, 6) is -0.479. The molecule has 0 radical (unpaired) electrons. The first-order valence-electron chi connectivity index (χ1n) is 9.99. The van der Waals surface area contributed by atoms with Crippen molar-refractivity contribution in [2.75, 3.05) is 0 Å². The Labute approximate surface area is 207 Å². The number of carbonyl (C=O) groups is 1. The summed E-state index contributed by atoms with van der Waals surface area (Å²) in [6, 6.07) is 14.4. The van der Waals surface area contributed by atoms with E-state index in [0.29, 0.717) is 25.6 Å². The van der Waals surface area contributed by atoms with Crippen molar-refractivity contribution in [1.82, 2.24) is 4.57 Å². The predicted molar refractivity (Wildman–Crippen MR) is 136 cm³/mol. The molecule has 0 spiro atoms. The van der Waals surface area contributed by atoms with Gasteiger partial charge in [0.1, 0.15) is 0 Å². The van der Waals surface area contributed by atoms with Gasteiger partial charge in [-0.3, -0.25) is 9.36 Å². The summed E-state index contributed by atoms with van der Waals surface area (Å²) in [5.41, 5.74) is 2.39. The minimum absolute atomic E-state index is 0.199. The zero-order valence-corrected chi connectivity index (χ0v) is 21.4. The van der Waals surface area contributed by atoms with Gasteiger partial charge in [-0.05, 0) is 84.8 Å². The van der Waals surface area contributed by atoms with Crippen LogP contribution < -0.4 is 14.9 Å². The molecule has 0 aliphatic carbocycles. The maximum Gasteiger partial charge on any atom is 0.338 e. The van der Waals surface area contributed by atoms with Crippen LogP contribution in [-0.2, 0) is 9.53 Å². The predicted octanol–water partition coefficient (Wildman–Crippen LogP) is 4.44. The molecule has 2 heterocycles. The Morgan fingerprint density at radius 1 is 1.25 bits per heavy atom. The Kier molecular flexibility index (Phi) is 6.69. The highest BCUT2D eigenvalue weighted by molar-refractivity contribution is 14.1. The fraction of sp³-hybridized carbons (Fsp3) is 0.208. The second-order valence-corrected chi connectivity index (χ2v) is 10.3. The minimum atomic E-state index is -0.646. The molecular weight excluding hydrogens is 559 g/mol. The van der Waals surface area contributed by atoms with E-state index in [1.54, 1.807) is 37.5 Å². The number of aromatic nitrogens is 1. The third-order valence-electron chi connectivity index (χ3n) is 4.92. The molecular formula is C24H20ClIN2O3S. The molecule has 0 amide bonds. The van der Waals surface area contributed by atoms with Crippen LogP contribution in [0.4, 0.5) is 0 Å². The summed E-state index contributed by atoms with van der Waals surface area (Å²) in [6.07, 6.45) is 1.56. The zero-order valence-electron chi connectivity index (χ0n) is 17.6. The van der Waals surface area contributed by atoms with Gasteiger partial charge in [0.2, 0.25) is 0 Å². The van der Waals surface area contributed by atoms with Crippen molar-refractivity contribution >= 4 is 57.6 Å². The largest absolute Gasteiger partial charge is 0.459 e. The topological polar surface area (TPSA) is 60.7 Å². The highest BCUT2D eigenvalue weighted by atomic mass is 127. The summed E-state index contributed by atoms with van der Waals surface area (Å²) < 4.78 is 8.72. The number of fused-ring (bicyclic) bond motifs is 1. The van der Waals surface area contributed by atoms with Gasteiger partial charge in [0.05, 0.1) is 27.9 Å². The number of rotatable bonds is 4. The highest BCUT2D eigenvalue weighted by Gasteiger charge is 2.33. The van der Waals surface area contributed by atoms with Gasteiger partial charge >= 0.3 is 5.97 Å². The number of esters is 1. The van der Waals surface area contributed by atoms with E-state index in [2.05, 4.69) is 27.6 Å². The van der Waals surface area contributed by atoms with Crippen LogP contribution in [0.25, 0.3) is 6.08 Å². The molecule has 8 heteroatoms. The fourth-order valence-electron chi connectivity index (χ4n) is 3.57. The first-order chi connectivity index (χ1) is 15.2. The number of allylic oxidation sites excluding steroid dienone is 1. The third kappa shape index (κ3) is 4.60. The van der Waals surface area contributed by atoms with Crippen LogP contribution in [0, 0.1) is 3.57 Å². The monoisotopic (exact) mass is 578 g/mol. The van der Waals surface area contributed by atoms with Gasteiger partial charge < -0.3 is 4.74 Å². The second-order valence-electron chi connectivity index (χ2n) is 7.64. The van der Waals surface area contributed by atoms with Gasteiger partial charge in [0, 0.05) is 8.59 Å². The molecule has 0 saturated carbocycles. The lowest BCUT2D eigenvalue weighted by Crippen LogP contribution is -2.40. The number of halogens is 2. The summed E-state index contributed by atoms with van der Waals surface area (Å²) in [7, 11) is 0. The molecule has 0 unspecified atom stereocenters. The molecule has 1 aromatic heterocycles. The third-order valence-corrected chi connectivity index (χ3v) is 6.82. The number of thiazole rings is 1. The van der Waals surface area contributed by atoms with Crippen LogP contribution in [0.15, 0.2) is 69.6 Å². The van der Waals surface area contributed by atoms with Crippen molar-refractivity contribution < 1.29 is 9.53 Å². The van der Waals surface area contributed by atoms with Crippen LogP contribution in [0.5, 0.6) is 0 Å². The summed E-state index contributed by atoms with van der Waals surface area (Å²) in [4.78, 5) is 31.7. The van der Waals surface area contributed by atoms with Gasteiger partial charge in [-0.1, -0.05) is 47.2 Å². The molecule has 1 aliphatic heterocycles. The molecule has 32 heavy (non-hydrogen) atoms. The molecule has 5 nitrogen and oxygen atoms in total. The Morgan fingerprint density at radius 2 is 1.97 bits per heavy atom. The molecule has 164 valence electrons. The lowest BCUT2D eigenvalue weighted by molar-refractivity contribution is -0.143. The molecule has 2 aromatic carbocycles. The zero-order chi connectivity index (χ0) is 23.0. The smallest absolute Gasteiger partial charge is 0.338 e. The van der Waals surface area contributed by atoms with Crippen molar-refractivity contribution in [1.29, 1.82) is 0 Å². The lowest BCUT2D eigenvalue weighted by Gasteiger charge is -2.25. The van der Waals surface area contributed by atoms with Gasteiger partial charge in [-0.2, -0.15) is 0 Å². The van der Waals surface area contributed by atoms with Crippen LogP contribution in [0.2, 0.25) is 5.02 Å². The van der Waals surface area contributed by atoms with Gasteiger partial charge in [-0.25, -0.2) is 9.79 Å².